The average molecular weight is 199 g/mol. The topological polar surface area (TPSA) is 63.3 Å². The lowest BCUT2D eigenvalue weighted by Gasteiger charge is -2.35. The van der Waals surface area contributed by atoms with Crippen molar-refractivity contribution < 1.29 is 9.90 Å². The minimum atomic E-state index is -0.867. The maximum absolute atomic E-state index is 10.6. The van der Waals surface area contributed by atoms with E-state index in [4.69, 9.17) is 10.8 Å². The molecule has 0 aliphatic heterocycles. The summed E-state index contributed by atoms with van der Waals surface area (Å²) in [6, 6.07) is -0.672. The van der Waals surface area contributed by atoms with Gasteiger partial charge in [-0.25, -0.2) is 0 Å². The van der Waals surface area contributed by atoms with Crippen LogP contribution in [0.15, 0.2) is 0 Å². The minimum Gasteiger partial charge on any atom is -0.480 e. The van der Waals surface area contributed by atoms with E-state index < -0.39 is 12.0 Å². The Morgan fingerprint density at radius 1 is 1.64 bits per heavy atom. The molecule has 0 spiro atoms. The maximum Gasteiger partial charge on any atom is 0.320 e. The van der Waals surface area contributed by atoms with E-state index in [1.165, 1.54) is 12.8 Å². The van der Waals surface area contributed by atoms with Crippen LogP contribution in [0.25, 0.3) is 0 Å². The number of aliphatic carboxylic acids is 1. The van der Waals surface area contributed by atoms with Crippen molar-refractivity contribution in [3.05, 3.63) is 0 Å². The van der Waals surface area contributed by atoms with Gasteiger partial charge in [0.1, 0.15) is 6.04 Å². The molecule has 1 rings (SSSR count). The Bertz CT molecular complexity index is 213. The van der Waals surface area contributed by atoms with E-state index in [-0.39, 0.29) is 0 Å². The molecule has 3 nitrogen and oxygen atoms in total. The Balaban J connectivity index is 2.42. The van der Waals surface area contributed by atoms with Gasteiger partial charge in [-0.05, 0) is 30.6 Å². The maximum atomic E-state index is 10.6. The zero-order chi connectivity index (χ0) is 10.8. The molecule has 2 atom stereocenters. The number of carbonyl (C=O) groups is 1. The molecule has 0 radical (unpaired) electrons. The molecule has 3 heteroatoms. The van der Waals surface area contributed by atoms with Crippen molar-refractivity contribution in [3.63, 3.8) is 0 Å². The Morgan fingerprint density at radius 2 is 2.29 bits per heavy atom. The molecule has 1 fully saturated rings. The van der Waals surface area contributed by atoms with Crippen LogP contribution in [-0.4, -0.2) is 17.1 Å². The predicted octanol–water partition coefficient (Wildman–Crippen LogP) is 2.00. The molecule has 2 unspecified atom stereocenters. The molecule has 0 saturated heterocycles. The third-order valence-electron chi connectivity index (χ3n) is 3.21. The van der Waals surface area contributed by atoms with Gasteiger partial charge in [0, 0.05) is 0 Å². The Kier molecular flexibility index (Phi) is 3.53. The summed E-state index contributed by atoms with van der Waals surface area (Å²) in [6.07, 6.45) is 5.37. The fourth-order valence-electron chi connectivity index (χ4n) is 2.52. The van der Waals surface area contributed by atoms with Crippen LogP contribution in [0.3, 0.4) is 0 Å². The summed E-state index contributed by atoms with van der Waals surface area (Å²) in [4.78, 5) is 10.6. The van der Waals surface area contributed by atoms with Crippen LogP contribution < -0.4 is 5.73 Å². The zero-order valence-corrected chi connectivity index (χ0v) is 9.12. The highest BCUT2D eigenvalue weighted by Crippen LogP contribution is 2.40. The second-order valence-corrected chi connectivity index (χ2v) is 5.31. The van der Waals surface area contributed by atoms with E-state index in [9.17, 15) is 4.79 Å². The van der Waals surface area contributed by atoms with E-state index in [0.717, 1.165) is 12.8 Å². The van der Waals surface area contributed by atoms with Crippen LogP contribution in [0, 0.1) is 11.3 Å². The van der Waals surface area contributed by atoms with E-state index in [1.807, 2.05) is 0 Å². The highest BCUT2D eigenvalue weighted by molar-refractivity contribution is 5.73. The van der Waals surface area contributed by atoms with Gasteiger partial charge in [-0.2, -0.15) is 0 Å². The van der Waals surface area contributed by atoms with Crippen molar-refractivity contribution in [1.82, 2.24) is 0 Å². The lowest BCUT2D eigenvalue weighted by atomic mass is 9.70. The lowest BCUT2D eigenvalue weighted by molar-refractivity contribution is -0.139. The molecule has 0 bridgehead atoms. The Morgan fingerprint density at radius 3 is 2.79 bits per heavy atom. The van der Waals surface area contributed by atoms with Crippen molar-refractivity contribution in [1.29, 1.82) is 0 Å². The van der Waals surface area contributed by atoms with E-state index in [1.54, 1.807) is 0 Å². The second kappa shape index (κ2) is 4.30. The third kappa shape index (κ3) is 3.29. The van der Waals surface area contributed by atoms with Crippen molar-refractivity contribution in [3.8, 4) is 0 Å². The van der Waals surface area contributed by atoms with Gasteiger partial charge in [-0.1, -0.05) is 26.7 Å². The van der Waals surface area contributed by atoms with Crippen LogP contribution in [0.4, 0.5) is 0 Å². The highest BCUT2D eigenvalue weighted by atomic mass is 16.4. The fourth-order valence-corrected chi connectivity index (χ4v) is 2.52. The molecule has 1 aliphatic carbocycles. The summed E-state index contributed by atoms with van der Waals surface area (Å²) in [5.74, 6) is -0.363. The largest absolute Gasteiger partial charge is 0.480 e. The van der Waals surface area contributed by atoms with Gasteiger partial charge in [0.05, 0.1) is 0 Å². The van der Waals surface area contributed by atoms with Gasteiger partial charge >= 0.3 is 5.97 Å². The standard InChI is InChI=1S/C11H21NO2/c1-11(2)5-3-4-8(7-11)6-9(12)10(13)14/h8-9H,3-7,12H2,1-2H3,(H,13,14). The van der Waals surface area contributed by atoms with Crippen LogP contribution in [0.5, 0.6) is 0 Å². The van der Waals surface area contributed by atoms with Crippen molar-refractivity contribution in [2.45, 2.75) is 52.0 Å². The monoisotopic (exact) mass is 199 g/mol. The first-order chi connectivity index (χ1) is 6.41. The van der Waals surface area contributed by atoms with Crippen LogP contribution in [0.2, 0.25) is 0 Å². The number of hydrogen-bond donors (Lipinski definition) is 2. The summed E-state index contributed by atoms with van der Waals surface area (Å²) >= 11 is 0. The van der Waals surface area contributed by atoms with Gasteiger partial charge in [-0.15, -0.1) is 0 Å². The number of carboxylic acids is 1. The van der Waals surface area contributed by atoms with E-state index in [0.29, 0.717) is 17.8 Å². The smallest absolute Gasteiger partial charge is 0.320 e. The van der Waals surface area contributed by atoms with Gasteiger partial charge in [-0.3, -0.25) is 4.79 Å². The van der Waals surface area contributed by atoms with Gasteiger partial charge in [0.2, 0.25) is 0 Å². The molecule has 1 aliphatic rings. The summed E-state index contributed by atoms with van der Waals surface area (Å²) in [5.41, 5.74) is 5.91. The van der Waals surface area contributed by atoms with Crippen molar-refractivity contribution >= 4 is 5.97 Å². The molecule has 0 aromatic carbocycles. The Hall–Kier alpha value is -0.570. The highest BCUT2D eigenvalue weighted by Gasteiger charge is 2.29. The molecule has 0 heterocycles. The van der Waals surface area contributed by atoms with E-state index >= 15 is 0 Å². The predicted molar refractivity (Wildman–Crippen MR) is 56.0 cm³/mol. The van der Waals surface area contributed by atoms with Gasteiger partial charge in [0.15, 0.2) is 0 Å². The van der Waals surface area contributed by atoms with Gasteiger partial charge < -0.3 is 10.8 Å². The molecular weight excluding hydrogens is 178 g/mol. The van der Waals surface area contributed by atoms with E-state index in [2.05, 4.69) is 13.8 Å². The van der Waals surface area contributed by atoms with Crippen LogP contribution in [-0.2, 0) is 4.79 Å². The first-order valence-corrected chi connectivity index (χ1v) is 5.39. The summed E-state index contributed by atoms with van der Waals surface area (Å²) in [6.45, 7) is 4.51. The molecule has 14 heavy (non-hydrogen) atoms. The van der Waals surface area contributed by atoms with Crippen molar-refractivity contribution in [2.75, 3.05) is 0 Å². The molecule has 0 aromatic heterocycles. The van der Waals surface area contributed by atoms with Crippen molar-refractivity contribution in [2.24, 2.45) is 17.1 Å². The molecular formula is C11H21NO2. The first kappa shape index (κ1) is 11.5. The fraction of sp³-hybridized carbons (Fsp3) is 0.909. The molecule has 0 amide bonds. The zero-order valence-electron chi connectivity index (χ0n) is 9.12. The second-order valence-electron chi connectivity index (χ2n) is 5.31. The Labute approximate surface area is 85.7 Å². The average Bonchev–Trinajstić information content (AvgIpc) is 2.01. The van der Waals surface area contributed by atoms with Crippen LogP contribution in [0.1, 0.15) is 46.0 Å². The normalized spacial score (nSPS) is 28.4. The number of nitrogens with two attached hydrogens (primary N) is 1. The van der Waals surface area contributed by atoms with Crippen LogP contribution >= 0.6 is 0 Å². The first-order valence-electron chi connectivity index (χ1n) is 5.39. The number of carboxylic acid groups (broad SMARTS) is 1. The lowest BCUT2D eigenvalue weighted by Crippen LogP contribution is -2.34. The molecule has 1 saturated carbocycles. The molecule has 3 N–H and O–H groups in total. The number of hydrogen-bond acceptors (Lipinski definition) is 2. The third-order valence-corrected chi connectivity index (χ3v) is 3.21. The summed E-state index contributed by atoms with van der Waals surface area (Å²) in [7, 11) is 0. The molecule has 82 valence electrons. The SMILES string of the molecule is CC1(C)CCCC(CC(N)C(=O)O)C1. The number of rotatable bonds is 3. The minimum absolute atomic E-state index is 0.376. The van der Waals surface area contributed by atoms with Gasteiger partial charge in [0.25, 0.3) is 0 Å². The summed E-state index contributed by atoms with van der Waals surface area (Å²) < 4.78 is 0. The summed E-state index contributed by atoms with van der Waals surface area (Å²) in [5, 5.41) is 8.72. The molecule has 0 aromatic rings. The quantitative estimate of drug-likeness (QED) is 0.730.